The predicted octanol–water partition coefficient (Wildman–Crippen LogP) is 1.33. The fraction of sp³-hybridized carbons (Fsp3) is 1.00. The topological polar surface area (TPSA) is 32.7 Å². The van der Waals surface area contributed by atoms with Gasteiger partial charge in [0.1, 0.15) is 0 Å². The summed E-state index contributed by atoms with van der Waals surface area (Å²) in [7, 11) is 2.04. The summed E-state index contributed by atoms with van der Waals surface area (Å²) in [5.74, 6) is 1.14. The summed E-state index contributed by atoms with van der Waals surface area (Å²) in [6, 6.07) is 0. The van der Waals surface area contributed by atoms with Gasteiger partial charge < -0.3 is 14.7 Å². The molecule has 4 heteroatoms. The van der Waals surface area contributed by atoms with Gasteiger partial charge in [-0.25, -0.2) is 0 Å². The van der Waals surface area contributed by atoms with Crippen molar-refractivity contribution in [3.05, 3.63) is 0 Å². The number of alkyl halides is 1. The van der Waals surface area contributed by atoms with Gasteiger partial charge in [-0.1, -0.05) is 6.92 Å². The van der Waals surface area contributed by atoms with Gasteiger partial charge in [0.15, 0.2) is 0 Å². The molecule has 0 spiro atoms. The Morgan fingerprint density at radius 2 is 2.07 bits per heavy atom. The third-order valence-electron chi connectivity index (χ3n) is 2.87. The van der Waals surface area contributed by atoms with E-state index in [1.165, 1.54) is 0 Å². The van der Waals surface area contributed by atoms with Crippen LogP contribution in [-0.2, 0) is 4.74 Å². The van der Waals surface area contributed by atoms with E-state index in [0.29, 0.717) is 25.0 Å². The third kappa shape index (κ3) is 4.68. The lowest BCUT2D eigenvalue weighted by atomic mass is 9.93. The van der Waals surface area contributed by atoms with Crippen molar-refractivity contribution in [3.8, 4) is 0 Å². The number of ether oxygens (including phenoxy) is 1. The second-order valence-electron chi connectivity index (χ2n) is 4.79. The Labute approximate surface area is 97.4 Å². The number of hydrogen-bond donors (Lipinski definition) is 1. The molecule has 1 aliphatic rings. The van der Waals surface area contributed by atoms with Gasteiger partial charge in [0.05, 0.1) is 5.60 Å². The fourth-order valence-electron chi connectivity index (χ4n) is 2.06. The first-order chi connectivity index (χ1) is 7.06. The summed E-state index contributed by atoms with van der Waals surface area (Å²) in [5, 5.41) is 10.3. The highest BCUT2D eigenvalue weighted by Crippen LogP contribution is 2.21. The summed E-state index contributed by atoms with van der Waals surface area (Å²) in [5.41, 5.74) is -0.557. The first-order valence-electron chi connectivity index (χ1n) is 5.60. The number of rotatable bonds is 5. The molecule has 0 aromatic heterocycles. The van der Waals surface area contributed by atoms with Crippen LogP contribution in [0.3, 0.4) is 0 Å². The normalized spacial score (nSPS) is 23.0. The van der Waals surface area contributed by atoms with Crippen molar-refractivity contribution in [3.63, 3.8) is 0 Å². The third-order valence-corrected chi connectivity index (χ3v) is 3.40. The Morgan fingerprint density at radius 1 is 1.47 bits per heavy atom. The lowest BCUT2D eigenvalue weighted by Gasteiger charge is -2.36. The second kappa shape index (κ2) is 6.04. The number of nitrogens with zero attached hydrogens (tertiary/aromatic N) is 1. The molecule has 1 aliphatic heterocycles. The van der Waals surface area contributed by atoms with Crippen LogP contribution < -0.4 is 0 Å². The molecule has 0 aromatic carbocycles. The zero-order chi connectivity index (χ0) is 11.3. The molecule has 0 saturated carbocycles. The number of hydrogen-bond acceptors (Lipinski definition) is 3. The molecule has 1 N–H and O–H groups in total. The van der Waals surface area contributed by atoms with E-state index in [0.717, 1.165) is 25.9 Å². The molecule has 90 valence electrons. The lowest BCUT2D eigenvalue weighted by Crippen LogP contribution is -2.46. The van der Waals surface area contributed by atoms with E-state index in [2.05, 4.69) is 11.8 Å². The molecular weight excluding hydrogens is 214 g/mol. The van der Waals surface area contributed by atoms with Crippen LogP contribution in [0.1, 0.15) is 19.8 Å². The second-order valence-corrected chi connectivity index (χ2v) is 5.10. The van der Waals surface area contributed by atoms with Gasteiger partial charge in [0.25, 0.3) is 0 Å². The van der Waals surface area contributed by atoms with E-state index < -0.39 is 5.60 Å². The molecule has 0 aromatic rings. The van der Waals surface area contributed by atoms with Crippen molar-refractivity contribution in [2.75, 3.05) is 39.2 Å². The Bertz CT molecular complexity index is 183. The van der Waals surface area contributed by atoms with Crippen molar-refractivity contribution in [2.24, 2.45) is 5.92 Å². The largest absolute Gasteiger partial charge is 0.388 e. The minimum atomic E-state index is -0.557. The van der Waals surface area contributed by atoms with E-state index in [-0.39, 0.29) is 0 Å². The summed E-state index contributed by atoms with van der Waals surface area (Å²) >= 11 is 5.76. The van der Waals surface area contributed by atoms with Crippen LogP contribution in [0, 0.1) is 5.92 Å². The molecule has 0 amide bonds. The Hall–Kier alpha value is 0.170. The average molecular weight is 236 g/mol. The maximum Gasteiger partial charge on any atom is 0.0817 e. The number of halogens is 1. The molecule has 1 rings (SSSR count). The van der Waals surface area contributed by atoms with E-state index in [1.54, 1.807) is 0 Å². The lowest BCUT2D eigenvalue weighted by molar-refractivity contribution is -0.0776. The standard InChI is InChI=1S/C11H22ClNO2/c1-10(7-12)8-13(2)9-11(14)3-5-15-6-4-11/h10,14H,3-9H2,1-2H3. The molecule has 0 aliphatic carbocycles. The highest BCUT2D eigenvalue weighted by Gasteiger charge is 2.31. The summed E-state index contributed by atoms with van der Waals surface area (Å²) < 4.78 is 5.25. The van der Waals surface area contributed by atoms with E-state index >= 15 is 0 Å². The number of aliphatic hydroxyl groups is 1. The minimum Gasteiger partial charge on any atom is -0.388 e. The summed E-state index contributed by atoms with van der Waals surface area (Å²) in [6.07, 6.45) is 1.49. The van der Waals surface area contributed by atoms with Crippen LogP contribution in [0.15, 0.2) is 0 Å². The molecule has 1 heterocycles. The molecule has 15 heavy (non-hydrogen) atoms. The molecule has 1 unspecified atom stereocenters. The van der Waals surface area contributed by atoms with Gasteiger partial charge in [0.2, 0.25) is 0 Å². The van der Waals surface area contributed by atoms with Gasteiger partial charge in [-0.2, -0.15) is 0 Å². The molecule has 1 fully saturated rings. The zero-order valence-corrected chi connectivity index (χ0v) is 10.5. The van der Waals surface area contributed by atoms with E-state index in [9.17, 15) is 5.11 Å². The van der Waals surface area contributed by atoms with Crippen LogP contribution in [0.5, 0.6) is 0 Å². The molecule has 0 radical (unpaired) electrons. The summed E-state index contributed by atoms with van der Waals surface area (Å²) in [6.45, 7) is 5.13. The van der Waals surface area contributed by atoms with Crippen molar-refractivity contribution >= 4 is 11.6 Å². The molecule has 0 bridgehead atoms. The van der Waals surface area contributed by atoms with E-state index in [1.807, 2.05) is 7.05 Å². The van der Waals surface area contributed by atoms with Gasteiger partial charge >= 0.3 is 0 Å². The van der Waals surface area contributed by atoms with Crippen LogP contribution in [0.25, 0.3) is 0 Å². The van der Waals surface area contributed by atoms with Crippen molar-refractivity contribution in [2.45, 2.75) is 25.4 Å². The smallest absolute Gasteiger partial charge is 0.0817 e. The average Bonchev–Trinajstić information content (AvgIpc) is 2.17. The minimum absolute atomic E-state index is 0.472. The SMILES string of the molecule is CC(CCl)CN(C)CC1(O)CCOCC1. The molecular formula is C11H22ClNO2. The maximum absolute atomic E-state index is 10.3. The molecule has 1 saturated heterocycles. The van der Waals surface area contributed by atoms with Gasteiger partial charge in [-0.3, -0.25) is 0 Å². The van der Waals surface area contributed by atoms with Gasteiger partial charge in [-0.05, 0) is 13.0 Å². The quantitative estimate of drug-likeness (QED) is 0.730. The Balaban J connectivity index is 2.31. The highest BCUT2D eigenvalue weighted by atomic mass is 35.5. The van der Waals surface area contributed by atoms with E-state index in [4.69, 9.17) is 16.3 Å². The van der Waals surface area contributed by atoms with Crippen molar-refractivity contribution < 1.29 is 9.84 Å². The van der Waals surface area contributed by atoms with Crippen LogP contribution in [0.2, 0.25) is 0 Å². The van der Waals surface area contributed by atoms with Crippen LogP contribution in [-0.4, -0.2) is 54.8 Å². The van der Waals surface area contributed by atoms with Gasteiger partial charge in [0, 0.05) is 45.0 Å². The Kier molecular flexibility index (Phi) is 5.33. The van der Waals surface area contributed by atoms with Crippen molar-refractivity contribution in [1.82, 2.24) is 4.90 Å². The highest BCUT2D eigenvalue weighted by molar-refractivity contribution is 6.18. The molecule has 1 atom stereocenters. The predicted molar refractivity (Wildman–Crippen MR) is 62.4 cm³/mol. The van der Waals surface area contributed by atoms with Crippen molar-refractivity contribution in [1.29, 1.82) is 0 Å². The first kappa shape index (κ1) is 13.2. The summed E-state index contributed by atoms with van der Waals surface area (Å²) in [4.78, 5) is 2.17. The van der Waals surface area contributed by atoms with Crippen LogP contribution in [0.4, 0.5) is 0 Å². The van der Waals surface area contributed by atoms with Gasteiger partial charge in [-0.15, -0.1) is 11.6 Å². The Morgan fingerprint density at radius 3 is 2.60 bits per heavy atom. The zero-order valence-electron chi connectivity index (χ0n) is 9.71. The fourth-order valence-corrected chi connectivity index (χ4v) is 2.15. The first-order valence-corrected chi connectivity index (χ1v) is 6.14. The number of likely N-dealkylation sites (N-methyl/N-ethyl adjacent to an activating group) is 1. The monoisotopic (exact) mass is 235 g/mol. The maximum atomic E-state index is 10.3. The molecule has 3 nitrogen and oxygen atoms in total. The van der Waals surface area contributed by atoms with Crippen LogP contribution >= 0.6 is 11.6 Å².